The lowest BCUT2D eigenvalue weighted by molar-refractivity contribution is 0.270. The predicted octanol–water partition coefficient (Wildman–Crippen LogP) is 3.55. The van der Waals surface area contributed by atoms with E-state index in [9.17, 15) is 5.11 Å². The molecule has 0 aromatic heterocycles. The Morgan fingerprint density at radius 1 is 1.12 bits per heavy atom. The molecule has 0 radical (unpaired) electrons. The van der Waals surface area contributed by atoms with Crippen LogP contribution in [0.25, 0.3) is 0 Å². The molecule has 0 saturated carbocycles. The Kier molecular flexibility index (Phi) is 4.66. The van der Waals surface area contributed by atoms with Gasteiger partial charge in [-0.1, -0.05) is 27.7 Å². The summed E-state index contributed by atoms with van der Waals surface area (Å²) in [7, 11) is 0. The molecule has 0 amide bonds. The Hall–Kier alpha value is -1.18. The van der Waals surface area contributed by atoms with Crippen LogP contribution in [0.5, 0.6) is 11.5 Å². The van der Waals surface area contributed by atoms with Crippen molar-refractivity contribution in [2.75, 3.05) is 6.61 Å². The highest BCUT2D eigenvalue weighted by Crippen LogP contribution is 2.29. The zero-order valence-corrected chi connectivity index (χ0v) is 10.7. The third kappa shape index (κ3) is 3.16. The van der Waals surface area contributed by atoms with Crippen molar-refractivity contribution in [1.82, 2.24) is 0 Å². The van der Waals surface area contributed by atoms with Crippen molar-refractivity contribution < 1.29 is 9.84 Å². The van der Waals surface area contributed by atoms with Crippen molar-refractivity contribution in [3.63, 3.8) is 0 Å². The van der Waals surface area contributed by atoms with E-state index in [-0.39, 0.29) is 0 Å². The summed E-state index contributed by atoms with van der Waals surface area (Å²) in [5.74, 6) is 1.83. The lowest BCUT2D eigenvalue weighted by atomic mass is 10.0. The fraction of sp³-hybridized carbons (Fsp3) is 0.571. The molecule has 0 aliphatic rings. The molecule has 2 nitrogen and oxygen atoms in total. The zero-order valence-electron chi connectivity index (χ0n) is 10.7. The molecule has 0 aliphatic carbocycles. The average Bonchev–Trinajstić information content (AvgIpc) is 2.27. The summed E-state index contributed by atoms with van der Waals surface area (Å²) < 4.78 is 5.70. The SMILES string of the molecule is CCc1cc(OCC(C)C)cc(CC)c1O. The van der Waals surface area contributed by atoms with Crippen molar-refractivity contribution in [2.24, 2.45) is 5.92 Å². The van der Waals surface area contributed by atoms with E-state index in [1.54, 1.807) is 0 Å². The third-order valence-electron chi connectivity index (χ3n) is 2.59. The molecular formula is C14H22O2. The van der Waals surface area contributed by atoms with Crippen molar-refractivity contribution in [1.29, 1.82) is 0 Å². The fourth-order valence-corrected chi connectivity index (χ4v) is 1.61. The zero-order chi connectivity index (χ0) is 12.1. The van der Waals surface area contributed by atoms with Gasteiger partial charge in [0.2, 0.25) is 0 Å². The molecule has 16 heavy (non-hydrogen) atoms. The number of ether oxygens (including phenoxy) is 1. The highest BCUT2D eigenvalue weighted by atomic mass is 16.5. The van der Waals surface area contributed by atoms with Crippen molar-refractivity contribution in [2.45, 2.75) is 40.5 Å². The Balaban J connectivity index is 2.93. The Labute approximate surface area is 98.3 Å². The van der Waals surface area contributed by atoms with Gasteiger partial charge in [0.15, 0.2) is 0 Å². The molecule has 0 heterocycles. The van der Waals surface area contributed by atoms with Crippen LogP contribution in [0.15, 0.2) is 12.1 Å². The maximum Gasteiger partial charge on any atom is 0.122 e. The van der Waals surface area contributed by atoms with Gasteiger partial charge in [-0.15, -0.1) is 0 Å². The van der Waals surface area contributed by atoms with Crippen molar-refractivity contribution in [3.8, 4) is 11.5 Å². The van der Waals surface area contributed by atoms with Crippen molar-refractivity contribution in [3.05, 3.63) is 23.3 Å². The van der Waals surface area contributed by atoms with E-state index in [0.29, 0.717) is 11.7 Å². The summed E-state index contributed by atoms with van der Waals surface area (Å²) >= 11 is 0. The number of aromatic hydroxyl groups is 1. The van der Waals surface area contributed by atoms with Gasteiger partial charge < -0.3 is 9.84 Å². The molecule has 0 bridgehead atoms. The Morgan fingerprint density at radius 2 is 1.62 bits per heavy atom. The molecule has 90 valence electrons. The van der Waals surface area contributed by atoms with Crippen LogP contribution in [0, 0.1) is 5.92 Å². The smallest absolute Gasteiger partial charge is 0.122 e. The Morgan fingerprint density at radius 3 is 2.00 bits per heavy atom. The number of hydrogen-bond acceptors (Lipinski definition) is 2. The lowest BCUT2D eigenvalue weighted by Crippen LogP contribution is -2.05. The van der Waals surface area contributed by atoms with Crippen LogP contribution in [-0.4, -0.2) is 11.7 Å². The number of phenols is 1. The van der Waals surface area contributed by atoms with Gasteiger partial charge in [-0.25, -0.2) is 0 Å². The number of phenolic OH excluding ortho intramolecular Hbond substituents is 1. The predicted molar refractivity (Wildman–Crippen MR) is 67.2 cm³/mol. The molecule has 0 atom stereocenters. The summed E-state index contributed by atoms with van der Waals surface area (Å²) in [6.07, 6.45) is 1.66. The van der Waals surface area contributed by atoms with Crippen LogP contribution in [-0.2, 0) is 12.8 Å². The molecular weight excluding hydrogens is 200 g/mol. The first-order valence-corrected chi connectivity index (χ1v) is 6.06. The maximum absolute atomic E-state index is 9.94. The van der Waals surface area contributed by atoms with Gasteiger partial charge in [-0.05, 0) is 42.0 Å². The summed E-state index contributed by atoms with van der Waals surface area (Å²) in [6.45, 7) is 9.06. The average molecular weight is 222 g/mol. The van der Waals surface area contributed by atoms with E-state index < -0.39 is 0 Å². The Bertz CT molecular complexity index is 318. The second-order valence-electron chi connectivity index (χ2n) is 4.50. The van der Waals surface area contributed by atoms with Gasteiger partial charge in [0.05, 0.1) is 6.61 Å². The van der Waals surface area contributed by atoms with Gasteiger partial charge >= 0.3 is 0 Å². The van der Waals surface area contributed by atoms with Crippen LogP contribution in [0.2, 0.25) is 0 Å². The van der Waals surface area contributed by atoms with Crippen molar-refractivity contribution >= 4 is 0 Å². The van der Waals surface area contributed by atoms with Gasteiger partial charge in [0, 0.05) is 0 Å². The third-order valence-corrected chi connectivity index (χ3v) is 2.59. The molecule has 1 aromatic carbocycles. The maximum atomic E-state index is 9.94. The van der Waals surface area contributed by atoms with Gasteiger partial charge in [0.25, 0.3) is 0 Å². The van der Waals surface area contributed by atoms with Crippen LogP contribution < -0.4 is 4.74 Å². The molecule has 1 N–H and O–H groups in total. The number of hydrogen-bond donors (Lipinski definition) is 1. The molecule has 1 rings (SSSR count). The first-order chi connectivity index (χ1) is 7.58. The van der Waals surface area contributed by atoms with Crippen LogP contribution >= 0.6 is 0 Å². The molecule has 0 spiro atoms. The topological polar surface area (TPSA) is 29.5 Å². The summed E-state index contributed by atoms with van der Waals surface area (Å²) in [6, 6.07) is 3.88. The first-order valence-electron chi connectivity index (χ1n) is 6.06. The molecule has 0 fully saturated rings. The quantitative estimate of drug-likeness (QED) is 0.825. The molecule has 0 saturated heterocycles. The largest absolute Gasteiger partial charge is 0.507 e. The minimum atomic E-state index is 0.432. The molecule has 0 unspecified atom stereocenters. The first kappa shape index (κ1) is 12.9. The second-order valence-corrected chi connectivity index (χ2v) is 4.50. The number of benzene rings is 1. The summed E-state index contributed by atoms with van der Waals surface area (Å²) in [5.41, 5.74) is 1.94. The summed E-state index contributed by atoms with van der Waals surface area (Å²) in [4.78, 5) is 0. The van der Waals surface area contributed by atoms with Crippen LogP contribution in [0.3, 0.4) is 0 Å². The van der Waals surface area contributed by atoms with E-state index in [2.05, 4.69) is 13.8 Å². The fourth-order valence-electron chi connectivity index (χ4n) is 1.61. The monoisotopic (exact) mass is 222 g/mol. The second kappa shape index (κ2) is 5.78. The summed E-state index contributed by atoms with van der Waals surface area (Å²) in [5, 5.41) is 9.94. The van der Waals surface area contributed by atoms with E-state index >= 15 is 0 Å². The minimum absolute atomic E-state index is 0.432. The highest BCUT2D eigenvalue weighted by molar-refractivity contribution is 5.46. The van der Waals surface area contributed by atoms with E-state index in [4.69, 9.17) is 4.74 Å². The minimum Gasteiger partial charge on any atom is -0.507 e. The van der Waals surface area contributed by atoms with Gasteiger partial charge in [-0.3, -0.25) is 0 Å². The van der Waals surface area contributed by atoms with E-state index in [0.717, 1.165) is 36.3 Å². The van der Waals surface area contributed by atoms with E-state index in [1.807, 2.05) is 26.0 Å². The normalized spacial score (nSPS) is 10.8. The highest BCUT2D eigenvalue weighted by Gasteiger charge is 2.08. The molecule has 2 heteroatoms. The lowest BCUT2D eigenvalue weighted by Gasteiger charge is -2.13. The van der Waals surface area contributed by atoms with Gasteiger partial charge in [-0.2, -0.15) is 0 Å². The van der Waals surface area contributed by atoms with Crippen LogP contribution in [0.1, 0.15) is 38.8 Å². The van der Waals surface area contributed by atoms with E-state index in [1.165, 1.54) is 0 Å². The van der Waals surface area contributed by atoms with Gasteiger partial charge in [0.1, 0.15) is 11.5 Å². The molecule has 0 aliphatic heterocycles. The standard InChI is InChI=1S/C14H22O2/c1-5-11-7-13(16-9-10(3)4)8-12(6-2)14(11)15/h7-8,10,15H,5-6,9H2,1-4H3. The number of rotatable bonds is 5. The molecule has 1 aromatic rings. The van der Waals surface area contributed by atoms with Crippen LogP contribution in [0.4, 0.5) is 0 Å². The number of aryl methyl sites for hydroxylation is 2.